The van der Waals surface area contributed by atoms with Gasteiger partial charge in [0.2, 0.25) is 0 Å². The SMILES string of the molecule is C=CCOC.C=CCOC.C=CCOC.C=CCOC.C=CCSC.C=CCSC.C=CCSC.C=CCSC.CC(c1cccc(Sc2ccccc2)c1)c1cccc(Sc2ccccc2)c1.CC(c1cccc(Sc2ccccc2)c1)c1cccc(Sc2ccccc2)c1.c1ccc(-c2ccccc2)cc1.c1ccc(-c2ccccc2)cc1. The summed E-state index contributed by atoms with van der Waals surface area (Å²) in [5.41, 5.74) is 10.5. The summed E-state index contributed by atoms with van der Waals surface area (Å²) in [7, 11) is 6.56. The first kappa shape index (κ1) is 109. The molecule has 0 bridgehead atoms. The van der Waals surface area contributed by atoms with E-state index < -0.39 is 0 Å². The Labute approximate surface area is 759 Å². The fraction of sp³-hybridized carbons (Fsp3) is 0.185. The van der Waals surface area contributed by atoms with Gasteiger partial charge in [0, 0.05) is 102 Å². The molecule has 0 N–H and O–H groups in total. The number of hydrogen-bond acceptors (Lipinski definition) is 12. The first-order chi connectivity index (χ1) is 58.8. The third-order valence-electron chi connectivity index (χ3n) is 15.4. The molecule has 632 valence electrons. The Bertz CT molecular complexity index is 3830. The van der Waals surface area contributed by atoms with Crippen molar-refractivity contribution >= 4 is 94.1 Å². The van der Waals surface area contributed by atoms with Gasteiger partial charge in [0.1, 0.15) is 0 Å². The van der Waals surface area contributed by atoms with Crippen molar-refractivity contribution in [2.24, 2.45) is 0 Å². The van der Waals surface area contributed by atoms with Crippen LogP contribution in [-0.4, -0.2) is 103 Å². The molecule has 0 heterocycles. The average Bonchev–Trinajstić information content (AvgIpc) is 0.835. The maximum absolute atomic E-state index is 4.57. The maximum Gasteiger partial charge on any atom is 0.0641 e. The van der Waals surface area contributed by atoms with Crippen LogP contribution in [0.3, 0.4) is 0 Å². The van der Waals surface area contributed by atoms with Crippen molar-refractivity contribution in [1.82, 2.24) is 0 Å². The normalized spacial score (nSPS) is 9.50. The summed E-state index contributed by atoms with van der Waals surface area (Å²) in [6, 6.07) is 119. The van der Waals surface area contributed by atoms with Crippen LogP contribution in [0.1, 0.15) is 47.9 Å². The summed E-state index contributed by atoms with van der Waals surface area (Å²) >= 11 is 14.4. The number of hydrogen-bond donors (Lipinski definition) is 0. The largest absolute Gasteiger partial charge is 0.381 e. The Balaban J connectivity index is 0.000000716. The van der Waals surface area contributed by atoms with Crippen molar-refractivity contribution in [1.29, 1.82) is 0 Å². The Hall–Kier alpha value is -8.80. The zero-order valence-corrected chi connectivity index (χ0v) is 78.8. The topological polar surface area (TPSA) is 36.9 Å². The minimum atomic E-state index is 0.354. The molecule has 0 amide bonds. The second-order valence-electron chi connectivity index (χ2n) is 24.8. The molecule has 0 aliphatic carbocycles. The third kappa shape index (κ3) is 55.9. The first-order valence-corrected chi connectivity index (χ1v) is 48.0. The lowest BCUT2D eigenvalue weighted by molar-refractivity contribution is 0.234. The van der Waals surface area contributed by atoms with Crippen LogP contribution in [0.2, 0.25) is 0 Å². The lowest BCUT2D eigenvalue weighted by atomic mass is 9.93. The highest BCUT2D eigenvalue weighted by Crippen LogP contribution is 2.37. The molecule has 12 heteroatoms. The second kappa shape index (κ2) is 78.7. The van der Waals surface area contributed by atoms with Gasteiger partial charge in [0.15, 0.2) is 0 Å². The van der Waals surface area contributed by atoms with Gasteiger partial charge in [0.25, 0.3) is 0 Å². The molecular formula is C108H128O4S8. The van der Waals surface area contributed by atoms with Gasteiger partial charge in [-0.3, -0.25) is 0 Å². The molecule has 0 spiro atoms. The molecular weight excluding hydrogens is 1620 g/mol. The van der Waals surface area contributed by atoms with E-state index in [1.807, 2.05) is 95.6 Å². The van der Waals surface area contributed by atoms with Gasteiger partial charge in [0.05, 0.1) is 26.4 Å². The van der Waals surface area contributed by atoms with E-state index in [1.54, 1.807) is 99.8 Å². The molecule has 0 atom stereocenters. The van der Waals surface area contributed by atoms with E-state index in [1.165, 1.54) is 83.7 Å². The molecule has 4 nitrogen and oxygen atoms in total. The summed E-state index contributed by atoms with van der Waals surface area (Å²) < 4.78 is 18.3. The highest BCUT2D eigenvalue weighted by atomic mass is 32.2. The van der Waals surface area contributed by atoms with Crippen LogP contribution in [0.4, 0.5) is 0 Å². The van der Waals surface area contributed by atoms with Gasteiger partial charge in [-0.1, -0.05) is 352 Å². The smallest absolute Gasteiger partial charge is 0.0641 e. The number of benzene rings is 12. The van der Waals surface area contributed by atoms with Crippen LogP contribution in [0.15, 0.2) is 480 Å². The van der Waals surface area contributed by atoms with Gasteiger partial charge in [-0.05, 0) is 167 Å². The van der Waals surface area contributed by atoms with Crippen LogP contribution in [0.25, 0.3) is 22.3 Å². The van der Waals surface area contributed by atoms with Crippen molar-refractivity contribution < 1.29 is 18.9 Å². The van der Waals surface area contributed by atoms with Gasteiger partial charge in [-0.25, -0.2) is 0 Å². The third-order valence-corrected chi connectivity index (χ3v) is 21.7. The van der Waals surface area contributed by atoms with E-state index in [0.29, 0.717) is 38.3 Å². The Morgan fingerprint density at radius 3 is 0.500 bits per heavy atom. The van der Waals surface area contributed by atoms with Crippen LogP contribution in [0, 0.1) is 0 Å². The van der Waals surface area contributed by atoms with Crippen LogP contribution >= 0.6 is 94.1 Å². The van der Waals surface area contributed by atoms with Crippen LogP contribution < -0.4 is 0 Å². The summed E-state index contributed by atoms with van der Waals surface area (Å²) in [6.45, 7) is 35.0. The predicted octanol–water partition coefficient (Wildman–Crippen LogP) is 32.4. The van der Waals surface area contributed by atoms with Gasteiger partial charge in [-0.2, -0.15) is 47.0 Å². The monoisotopic (exact) mass is 1740 g/mol. The summed E-state index contributed by atoms with van der Waals surface area (Å²) in [6.07, 6.45) is 22.6. The van der Waals surface area contributed by atoms with Crippen molar-refractivity contribution in [3.05, 3.63) is 463 Å². The minimum absolute atomic E-state index is 0.354. The molecule has 120 heavy (non-hydrogen) atoms. The molecule has 0 radical (unpaired) electrons. The van der Waals surface area contributed by atoms with E-state index in [-0.39, 0.29) is 0 Å². The Kier molecular flexibility index (Phi) is 71.6. The van der Waals surface area contributed by atoms with E-state index in [2.05, 4.69) is 426 Å². The van der Waals surface area contributed by atoms with Gasteiger partial charge in [-0.15, -0.1) is 52.6 Å². The molecule has 0 unspecified atom stereocenters. The maximum atomic E-state index is 4.57. The molecule has 12 aromatic rings. The van der Waals surface area contributed by atoms with Crippen molar-refractivity contribution in [3.8, 4) is 22.3 Å². The lowest BCUT2D eigenvalue weighted by Gasteiger charge is -2.15. The predicted molar refractivity (Wildman–Crippen MR) is 549 cm³/mol. The van der Waals surface area contributed by atoms with E-state index in [0.717, 1.165) is 23.0 Å². The number of thioether (sulfide) groups is 4. The van der Waals surface area contributed by atoms with E-state index >= 15 is 0 Å². The molecule has 0 saturated carbocycles. The Morgan fingerprint density at radius 1 is 0.217 bits per heavy atom. The number of methoxy groups -OCH3 is 4. The second-order valence-corrected chi connectivity index (χ2v) is 33.0. The zero-order chi connectivity index (χ0) is 87.8. The lowest BCUT2D eigenvalue weighted by Crippen LogP contribution is -1.96. The van der Waals surface area contributed by atoms with E-state index in [9.17, 15) is 0 Å². The quantitative estimate of drug-likeness (QED) is 0.0403. The highest BCUT2D eigenvalue weighted by molar-refractivity contribution is 8.00. The first-order valence-electron chi connectivity index (χ1n) is 39.1. The minimum Gasteiger partial charge on any atom is -0.381 e. The van der Waals surface area contributed by atoms with Gasteiger partial charge >= 0.3 is 0 Å². The fourth-order valence-corrected chi connectivity index (χ4v) is 14.3. The zero-order valence-electron chi connectivity index (χ0n) is 72.3. The van der Waals surface area contributed by atoms with Crippen molar-refractivity contribution in [2.45, 2.75) is 64.8 Å². The molecule has 0 aromatic heterocycles. The molecule has 0 fully saturated rings. The van der Waals surface area contributed by atoms with Crippen LogP contribution in [-0.2, 0) is 18.9 Å². The molecule has 0 aliphatic rings. The Morgan fingerprint density at radius 2 is 0.375 bits per heavy atom. The summed E-state index contributed by atoms with van der Waals surface area (Å²) in [5, 5.41) is 0. The fourth-order valence-electron chi connectivity index (χ4n) is 9.74. The standard InChI is InChI=1S/2C26H22S2.2C12H10.4C4H8O.4C4H8S/c2*1-20(21-10-8-16-25(18-21)27-23-12-4-2-5-13-23)22-11-9-17-26(19-22)28-24-14-6-3-7-15-24;2*1-3-7-11(8-4-1)12-9-5-2-6-10-12;8*1-3-4-5-2/h2*2-20H,1H3;2*1-10H;8*3H,1,4H2,2H3. The van der Waals surface area contributed by atoms with E-state index in [4.69, 9.17) is 0 Å². The summed E-state index contributed by atoms with van der Waals surface area (Å²) in [4.78, 5) is 10.2. The molecule has 0 aliphatic heterocycles. The van der Waals surface area contributed by atoms with Crippen molar-refractivity contribution in [2.75, 3.05) is 103 Å². The van der Waals surface area contributed by atoms with Crippen LogP contribution in [0.5, 0.6) is 0 Å². The average molecular weight is 1750 g/mol. The molecule has 12 aromatic carbocycles. The molecule has 0 saturated heterocycles. The number of rotatable bonds is 30. The van der Waals surface area contributed by atoms with Crippen molar-refractivity contribution in [3.63, 3.8) is 0 Å². The van der Waals surface area contributed by atoms with Gasteiger partial charge < -0.3 is 18.9 Å². The summed E-state index contributed by atoms with van der Waals surface area (Å²) in [5.74, 6) is 4.99. The molecule has 12 rings (SSSR count). The number of ether oxygens (including phenoxy) is 4. The highest BCUT2D eigenvalue weighted by Gasteiger charge is 2.13.